The fraction of sp³-hybridized carbons (Fsp3) is 0.176. The summed E-state index contributed by atoms with van der Waals surface area (Å²) in [6.45, 7) is 6.82. The second-order valence-corrected chi connectivity index (χ2v) is 5.16. The van der Waals surface area contributed by atoms with Crippen molar-refractivity contribution in [1.82, 2.24) is 4.90 Å². The third-order valence-electron chi connectivity index (χ3n) is 3.18. The van der Waals surface area contributed by atoms with Crippen molar-refractivity contribution < 1.29 is 17.9 Å². The zero-order valence-corrected chi connectivity index (χ0v) is 13.0. The summed E-state index contributed by atoms with van der Waals surface area (Å²) >= 11 is 5.93. The fourth-order valence-electron chi connectivity index (χ4n) is 2.14. The Balaban J connectivity index is 2.37. The molecule has 0 fully saturated rings. The molecule has 0 saturated carbocycles. The standard InChI is InChI=1S/C17H15ClF3NO/c1-3-8-23-12-4-5-13(15(19)9-12)16-7-6-14(18)11(2)22(16)10-17(20)21/h3-7,9,17H,1-2,8,10H2. The number of allylic oxidation sites excluding steroid dienone is 3. The van der Waals surface area contributed by atoms with Crippen molar-refractivity contribution in [3.8, 4) is 5.75 Å². The second kappa shape index (κ2) is 7.42. The van der Waals surface area contributed by atoms with Crippen LogP contribution in [0.1, 0.15) is 5.56 Å². The summed E-state index contributed by atoms with van der Waals surface area (Å²) in [5.74, 6) is -0.258. The molecule has 0 unspecified atom stereocenters. The highest BCUT2D eigenvalue weighted by atomic mass is 35.5. The van der Waals surface area contributed by atoms with E-state index in [1.54, 1.807) is 6.07 Å². The predicted octanol–water partition coefficient (Wildman–Crippen LogP) is 4.95. The molecule has 1 aliphatic rings. The van der Waals surface area contributed by atoms with E-state index < -0.39 is 18.8 Å². The lowest BCUT2D eigenvalue weighted by Gasteiger charge is -2.31. The third kappa shape index (κ3) is 3.99. The molecule has 1 aromatic carbocycles. The Morgan fingerprint density at radius 1 is 1.30 bits per heavy atom. The molecule has 0 aromatic heterocycles. The van der Waals surface area contributed by atoms with Crippen LogP contribution in [0.2, 0.25) is 0 Å². The quantitative estimate of drug-likeness (QED) is 0.679. The Kier molecular flexibility index (Phi) is 5.55. The number of nitrogens with zero attached hydrogens (tertiary/aromatic N) is 1. The van der Waals surface area contributed by atoms with Gasteiger partial charge in [0, 0.05) is 11.6 Å². The van der Waals surface area contributed by atoms with Gasteiger partial charge in [-0.2, -0.15) is 0 Å². The molecule has 2 rings (SSSR count). The Labute approximate surface area is 137 Å². The molecule has 0 N–H and O–H groups in total. The van der Waals surface area contributed by atoms with E-state index in [2.05, 4.69) is 13.2 Å². The molecule has 1 aliphatic heterocycles. The molecule has 0 bridgehead atoms. The van der Waals surface area contributed by atoms with Crippen LogP contribution in [-0.2, 0) is 0 Å². The van der Waals surface area contributed by atoms with Crippen LogP contribution in [0.15, 0.2) is 60.3 Å². The smallest absolute Gasteiger partial charge is 0.256 e. The van der Waals surface area contributed by atoms with Gasteiger partial charge in [-0.05, 0) is 24.3 Å². The van der Waals surface area contributed by atoms with E-state index >= 15 is 0 Å². The minimum absolute atomic E-state index is 0.165. The van der Waals surface area contributed by atoms with Crippen LogP contribution < -0.4 is 4.74 Å². The number of hydrogen-bond acceptors (Lipinski definition) is 2. The molecule has 0 amide bonds. The minimum Gasteiger partial charge on any atom is -0.489 e. The maximum absolute atomic E-state index is 14.4. The summed E-state index contributed by atoms with van der Waals surface area (Å²) in [5.41, 5.74) is 0.640. The van der Waals surface area contributed by atoms with Gasteiger partial charge >= 0.3 is 0 Å². The number of benzene rings is 1. The summed E-state index contributed by atoms with van der Waals surface area (Å²) in [4.78, 5) is 1.20. The Morgan fingerprint density at radius 2 is 2.04 bits per heavy atom. The van der Waals surface area contributed by atoms with E-state index in [9.17, 15) is 13.2 Å². The highest BCUT2D eigenvalue weighted by molar-refractivity contribution is 6.32. The average molecular weight is 342 g/mol. The maximum Gasteiger partial charge on any atom is 0.256 e. The summed E-state index contributed by atoms with van der Waals surface area (Å²) in [7, 11) is 0. The monoisotopic (exact) mass is 341 g/mol. The first kappa shape index (κ1) is 17.2. The van der Waals surface area contributed by atoms with Crippen molar-refractivity contribution >= 4 is 17.3 Å². The Hall–Kier alpha value is -2.14. The highest BCUT2D eigenvalue weighted by Gasteiger charge is 2.25. The molecule has 23 heavy (non-hydrogen) atoms. The van der Waals surface area contributed by atoms with Crippen LogP contribution in [0.3, 0.4) is 0 Å². The molecule has 1 heterocycles. The molecule has 122 valence electrons. The van der Waals surface area contributed by atoms with Crippen molar-refractivity contribution in [2.45, 2.75) is 6.43 Å². The lowest BCUT2D eigenvalue weighted by molar-refractivity contribution is 0.123. The van der Waals surface area contributed by atoms with Crippen LogP contribution in [0.25, 0.3) is 5.70 Å². The predicted molar refractivity (Wildman–Crippen MR) is 85.9 cm³/mol. The van der Waals surface area contributed by atoms with Gasteiger partial charge in [0.1, 0.15) is 18.2 Å². The second-order valence-electron chi connectivity index (χ2n) is 4.76. The number of alkyl halides is 2. The summed E-state index contributed by atoms with van der Waals surface area (Å²) in [5, 5.41) is 0.237. The van der Waals surface area contributed by atoms with E-state index in [1.165, 1.54) is 35.3 Å². The highest BCUT2D eigenvalue weighted by Crippen LogP contribution is 2.34. The largest absolute Gasteiger partial charge is 0.489 e. The first-order valence-electron chi connectivity index (χ1n) is 6.80. The van der Waals surface area contributed by atoms with Crippen molar-refractivity contribution in [2.75, 3.05) is 13.2 Å². The van der Waals surface area contributed by atoms with Gasteiger partial charge in [-0.1, -0.05) is 30.8 Å². The fourth-order valence-corrected chi connectivity index (χ4v) is 2.31. The van der Waals surface area contributed by atoms with E-state index in [-0.39, 0.29) is 28.6 Å². The van der Waals surface area contributed by atoms with E-state index in [0.29, 0.717) is 5.75 Å². The Bertz CT molecular complexity index is 682. The molecule has 0 aliphatic carbocycles. The zero-order chi connectivity index (χ0) is 17.0. The molecule has 2 nitrogen and oxygen atoms in total. The summed E-state index contributed by atoms with van der Waals surface area (Å²) in [6.07, 6.45) is 1.91. The lowest BCUT2D eigenvalue weighted by Crippen LogP contribution is -2.28. The van der Waals surface area contributed by atoms with Crippen LogP contribution in [-0.4, -0.2) is 24.5 Å². The number of rotatable bonds is 6. The van der Waals surface area contributed by atoms with Crippen LogP contribution in [0, 0.1) is 5.82 Å². The van der Waals surface area contributed by atoms with Crippen molar-refractivity contribution in [2.24, 2.45) is 0 Å². The van der Waals surface area contributed by atoms with Gasteiger partial charge in [0.2, 0.25) is 0 Å². The molecule has 0 spiro atoms. The number of ether oxygens (including phenoxy) is 1. The van der Waals surface area contributed by atoms with Crippen molar-refractivity contribution in [3.63, 3.8) is 0 Å². The first-order valence-corrected chi connectivity index (χ1v) is 7.18. The van der Waals surface area contributed by atoms with Gasteiger partial charge in [0.05, 0.1) is 23.0 Å². The topological polar surface area (TPSA) is 12.5 Å². The molecule has 0 radical (unpaired) electrons. The van der Waals surface area contributed by atoms with Gasteiger partial charge in [0.25, 0.3) is 6.43 Å². The number of hydrogen-bond donors (Lipinski definition) is 0. The van der Waals surface area contributed by atoms with Gasteiger partial charge in [-0.15, -0.1) is 0 Å². The third-order valence-corrected chi connectivity index (χ3v) is 3.53. The average Bonchev–Trinajstić information content (AvgIpc) is 2.50. The SMILES string of the molecule is C=CCOc1ccc(C2=CC=C(Cl)C(=C)N2CC(F)F)c(F)c1. The van der Waals surface area contributed by atoms with Gasteiger partial charge in [0.15, 0.2) is 0 Å². The molecule has 6 heteroatoms. The van der Waals surface area contributed by atoms with E-state index in [1.807, 2.05) is 0 Å². The van der Waals surface area contributed by atoms with E-state index in [0.717, 1.165) is 0 Å². The molecular formula is C17H15ClF3NO. The Morgan fingerprint density at radius 3 is 2.65 bits per heavy atom. The van der Waals surface area contributed by atoms with Crippen molar-refractivity contribution in [3.05, 3.63) is 71.7 Å². The van der Waals surface area contributed by atoms with Gasteiger partial charge < -0.3 is 9.64 Å². The maximum atomic E-state index is 14.4. The molecular weight excluding hydrogens is 327 g/mol. The molecule has 0 saturated heterocycles. The minimum atomic E-state index is -2.61. The van der Waals surface area contributed by atoms with Gasteiger partial charge in [-0.3, -0.25) is 0 Å². The van der Waals surface area contributed by atoms with Crippen LogP contribution >= 0.6 is 11.6 Å². The normalized spacial score (nSPS) is 14.7. The lowest BCUT2D eigenvalue weighted by atomic mass is 10.1. The number of halogens is 4. The van der Waals surface area contributed by atoms with Crippen LogP contribution in [0.4, 0.5) is 13.2 Å². The van der Waals surface area contributed by atoms with Gasteiger partial charge in [-0.25, -0.2) is 13.2 Å². The summed E-state index contributed by atoms with van der Waals surface area (Å²) in [6, 6.07) is 4.23. The first-order chi connectivity index (χ1) is 10.9. The van der Waals surface area contributed by atoms with Crippen molar-refractivity contribution in [1.29, 1.82) is 0 Å². The molecule has 1 aromatic rings. The van der Waals surface area contributed by atoms with Crippen LogP contribution in [0.5, 0.6) is 5.75 Å². The molecule has 0 atom stereocenters. The summed E-state index contributed by atoms with van der Waals surface area (Å²) < 4.78 is 45.2. The zero-order valence-electron chi connectivity index (χ0n) is 12.2. The van der Waals surface area contributed by atoms with E-state index in [4.69, 9.17) is 16.3 Å².